The highest BCUT2D eigenvalue weighted by Gasteiger charge is 2.53. The van der Waals surface area contributed by atoms with Gasteiger partial charge in [-0.3, -0.25) is 10.1 Å². The molecule has 0 radical (unpaired) electrons. The fraction of sp³-hybridized carbons (Fsp3) is 0.765. The molecule has 1 aliphatic heterocycles. The molecule has 0 spiro atoms. The van der Waals surface area contributed by atoms with Crippen LogP contribution < -0.4 is 10.6 Å². The number of rotatable bonds is 5. The smallest absolute Gasteiger partial charge is 0.321 e. The molecular formula is C17H26N4O4S. The minimum Gasteiger partial charge on any atom is -0.481 e. The van der Waals surface area contributed by atoms with Crippen molar-refractivity contribution in [2.24, 2.45) is 17.3 Å². The van der Waals surface area contributed by atoms with Crippen LogP contribution in [0.15, 0.2) is 0 Å². The summed E-state index contributed by atoms with van der Waals surface area (Å²) in [4.78, 5) is 23.5. The topological polar surface area (TPSA) is 113 Å². The number of aromatic nitrogens is 2. The minimum atomic E-state index is -0.766. The van der Waals surface area contributed by atoms with Crippen molar-refractivity contribution in [2.75, 3.05) is 18.5 Å². The fourth-order valence-electron chi connectivity index (χ4n) is 4.06. The molecule has 0 bridgehead atoms. The highest BCUT2D eigenvalue weighted by Crippen LogP contribution is 2.52. The van der Waals surface area contributed by atoms with Gasteiger partial charge in [-0.15, -0.1) is 10.2 Å². The Balaban J connectivity index is 1.51. The molecule has 1 aromatic rings. The van der Waals surface area contributed by atoms with E-state index in [1.54, 1.807) is 0 Å². The average Bonchev–Trinajstić information content (AvgIpc) is 3.02. The first kappa shape index (κ1) is 19.0. The van der Waals surface area contributed by atoms with E-state index in [9.17, 15) is 14.7 Å². The van der Waals surface area contributed by atoms with Crippen LogP contribution in [-0.4, -0.2) is 46.6 Å². The third-order valence-electron chi connectivity index (χ3n) is 5.84. The van der Waals surface area contributed by atoms with Crippen molar-refractivity contribution in [3.63, 3.8) is 0 Å². The van der Waals surface area contributed by atoms with E-state index >= 15 is 0 Å². The van der Waals surface area contributed by atoms with Crippen molar-refractivity contribution in [1.82, 2.24) is 15.5 Å². The lowest BCUT2D eigenvalue weighted by atomic mass is 9.53. The van der Waals surface area contributed by atoms with E-state index < -0.39 is 5.97 Å². The number of ether oxygens (including phenoxy) is 1. The number of nitrogens with one attached hydrogen (secondary N) is 2. The van der Waals surface area contributed by atoms with Gasteiger partial charge in [-0.2, -0.15) is 0 Å². The quantitative estimate of drug-likeness (QED) is 0.721. The molecule has 26 heavy (non-hydrogen) atoms. The van der Waals surface area contributed by atoms with Gasteiger partial charge in [0, 0.05) is 25.2 Å². The van der Waals surface area contributed by atoms with Crippen LogP contribution in [0.1, 0.15) is 51.0 Å². The zero-order valence-electron chi connectivity index (χ0n) is 15.3. The first-order valence-corrected chi connectivity index (χ1v) is 9.82. The molecule has 3 N–H and O–H groups in total. The van der Waals surface area contributed by atoms with E-state index in [0.717, 1.165) is 31.1 Å². The van der Waals surface area contributed by atoms with Gasteiger partial charge in [0.05, 0.1) is 5.92 Å². The Labute approximate surface area is 156 Å². The monoisotopic (exact) mass is 382 g/mol. The second-order valence-electron chi connectivity index (χ2n) is 7.77. The number of carbonyl (C=O) groups excluding carboxylic acids is 1. The Morgan fingerprint density at radius 2 is 2.00 bits per heavy atom. The zero-order chi connectivity index (χ0) is 18.9. The van der Waals surface area contributed by atoms with Crippen molar-refractivity contribution in [3.05, 3.63) is 5.01 Å². The third kappa shape index (κ3) is 3.83. The standard InChI is InChI=1S/C17H26N4O4S/c1-9(11-8-12(14(22)23)17(11,2)3)18-15(24)19-16-21-20-13(26-16)10-4-6-25-7-5-10/h9-12H,4-8H2,1-3H3,(H,22,23)(H2,18,19,21,24)/t9?,11-,12+/m0/s1. The summed E-state index contributed by atoms with van der Waals surface area (Å²) in [5.41, 5.74) is -0.336. The second kappa shape index (κ2) is 7.48. The number of hydrogen-bond acceptors (Lipinski definition) is 6. The molecule has 2 heterocycles. The summed E-state index contributed by atoms with van der Waals surface area (Å²) in [6, 6.07) is -0.453. The van der Waals surface area contributed by atoms with Crippen LogP contribution in [0, 0.1) is 17.3 Å². The number of hydrogen-bond donors (Lipinski definition) is 3. The SMILES string of the molecule is CC(NC(=O)Nc1nnc(C2CCOCC2)s1)[C@@H]1C[C@H](C(=O)O)C1(C)C. The number of carboxylic acid groups (broad SMARTS) is 1. The molecule has 3 atom stereocenters. The third-order valence-corrected chi connectivity index (χ3v) is 6.84. The maximum Gasteiger partial charge on any atom is 0.321 e. The Kier molecular flexibility index (Phi) is 5.47. The lowest BCUT2D eigenvalue weighted by molar-refractivity contribution is -0.160. The van der Waals surface area contributed by atoms with Gasteiger partial charge >= 0.3 is 12.0 Å². The molecule has 2 amide bonds. The van der Waals surface area contributed by atoms with Crippen molar-refractivity contribution in [2.45, 2.75) is 52.0 Å². The Morgan fingerprint density at radius 3 is 2.62 bits per heavy atom. The van der Waals surface area contributed by atoms with Crippen LogP contribution in [0.5, 0.6) is 0 Å². The molecule has 2 aliphatic rings. The van der Waals surface area contributed by atoms with Crippen molar-refractivity contribution >= 4 is 28.5 Å². The molecule has 2 fully saturated rings. The largest absolute Gasteiger partial charge is 0.481 e. The molecule has 1 aliphatic carbocycles. The maximum atomic E-state index is 12.3. The van der Waals surface area contributed by atoms with E-state index in [1.165, 1.54) is 11.3 Å². The summed E-state index contributed by atoms with van der Waals surface area (Å²) >= 11 is 1.40. The Hall–Kier alpha value is -1.74. The normalized spacial score (nSPS) is 26.6. The van der Waals surface area contributed by atoms with Gasteiger partial charge in [0.15, 0.2) is 0 Å². The predicted octanol–water partition coefficient (Wildman–Crippen LogP) is 2.69. The molecule has 1 saturated heterocycles. The van der Waals surface area contributed by atoms with E-state index in [-0.39, 0.29) is 29.3 Å². The highest BCUT2D eigenvalue weighted by molar-refractivity contribution is 7.15. The first-order valence-electron chi connectivity index (χ1n) is 9.00. The summed E-state index contributed by atoms with van der Waals surface area (Å²) in [5.74, 6) is -0.647. The number of carboxylic acids is 1. The lowest BCUT2D eigenvalue weighted by Gasteiger charge is -2.52. The number of aliphatic carboxylic acids is 1. The molecule has 0 aromatic carbocycles. The van der Waals surface area contributed by atoms with Crippen molar-refractivity contribution < 1.29 is 19.4 Å². The molecule has 9 heteroatoms. The van der Waals surface area contributed by atoms with Crippen LogP contribution in [0.25, 0.3) is 0 Å². The molecule has 8 nitrogen and oxygen atoms in total. The number of carbonyl (C=O) groups is 2. The molecule has 144 valence electrons. The molecule has 1 unspecified atom stereocenters. The van der Waals surface area contributed by atoms with Crippen LogP contribution >= 0.6 is 11.3 Å². The number of amides is 2. The summed E-state index contributed by atoms with van der Waals surface area (Å²) in [7, 11) is 0. The number of urea groups is 1. The number of anilines is 1. The van der Waals surface area contributed by atoms with E-state index in [2.05, 4.69) is 20.8 Å². The van der Waals surface area contributed by atoms with E-state index in [1.807, 2.05) is 20.8 Å². The van der Waals surface area contributed by atoms with Gasteiger partial charge in [0.25, 0.3) is 0 Å². The molecular weight excluding hydrogens is 356 g/mol. The predicted molar refractivity (Wildman–Crippen MR) is 97.3 cm³/mol. The van der Waals surface area contributed by atoms with Gasteiger partial charge in [-0.1, -0.05) is 25.2 Å². The molecule has 1 aromatic heterocycles. The lowest BCUT2D eigenvalue weighted by Crippen LogP contribution is -2.57. The molecule has 3 rings (SSSR count). The van der Waals surface area contributed by atoms with E-state index in [4.69, 9.17) is 4.74 Å². The number of nitrogens with zero attached hydrogens (tertiary/aromatic N) is 2. The first-order chi connectivity index (χ1) is 12.3. The van der Waals surface area contributed by atoms with Gasteiger partial charge in [-0.05, 0) is 37.5 Å². The average molecular weight is 382 g/mol. The van der Waals surface area contributed by atoms with Gasteiger partial charge in [0.2, 0.25) is 5.13 Å². The van der Waals surface area contributed by atoms with Gasteiger partial charge in [0.1, 0.15) is 5.01 Å². The van der Waals surface area contributed by atoms with Gasteiger partial charge in [-0.25, -0.2) is 4.79 Å². The maximum absolute atomic E-state index is 12.3. The minimum absolute atomic E-state index is 0.122. The second-order valence-corrected chi connectivity index (χ2v) is 8.78. The highest BCUT2D eigenvalue weighted by atomic mass is 32.1. The van der Waals surface area contributed by atoms with Crippen molar-refractivity contribution in [1.29, 1.82) is 0 Å². The summed E-state index contributed by atoms with van der Waals surface area (Å²) in [5, 5.41) is 24.6. The summed E-state index contributed by atoms with van der Waals surface area (Å²) < 4.78 is 5.35. The van der Waals surface area contributed by atoms with Crippen LogP contribution in [0.4, 0.5) is 9.93 Å². The molecule has 1 saturated carbocycles. The van der Waals surface area contributed by atoms with Crippen molar-refractivity contribution in [3.8, 4) is 0 Å². The Morgan fingerprint density at radius 1 is 1.31 bits per heavy atom. The van der Waals surface area contributed by atoms with Crippen LogP contribution in [0.2, 0.25) is 0 Å². The fourth-order valence-corrected chi connectivity index (χ4v) is 4.97. The summed E-state index contributed by atoms with van der Waals surface area (Å²) in [6.45, 7) is 7.28. The van der Waals surface area contributed by atoms with Crippen LogP contribution in [-0.2, 0) is 9.53 Å². The van der Waals surface area contributed by atoms with Crippen LogP contribution in [0.3, 0.4) is 0 Å². The summed E-state index contributed by atoms with van der Waals surface area (Å²) in [6.07, 6.45) is 2.44. The Bertz CT molecular complexity index is 671. The zero-order valence-corrected chi connectivity index (χ0v) is 16.1. The van der Waals surface area contributed by atoms with E-state index in [0.29, 0.717) is 17.5 Å². The van der Waals surface area contributed by atoms with Gasteiger partial charge < -0.3 is 15.2 Å².